The predicted octanol–water partition coefficient (Wildman–Crippen LogP) is 5.21. The van der Waals surface area contributed by atoms with Crippen LogP contribution in [0.3, 0.4) is 0 Å². The van der Waals surface area contributed by atoms with Crippen LogP contribution in [0.25, 0.3) is 0 Å². The van der Waals surface area contributed by atoms with Crippen molar-refractivity contribution in [2.24, 2.45) is 0 Å². The molecule has 0 aromatic heterocycles. The molecular weight excluding hydrogens is 776 g/mol. The molecule has 0 radical (unpaired) electrons. The molecule has 0 unspecified atom stereocenters. The number of ether oxygens (including phenoxy) is 10. The first kappa shape index (κ1) is 44.5. The third-order valence-electron chi connectivity index (χ3n) is 9.78. The molecule has 14 heteroatoms. The first-order valence-corrected chi connectivity index (χ1v) is 19.8. The molecule has 1 N–H and O–H groups in total. The number of carbonyl (C=O) groups excluding carboxylic acids is 3. The van der Waals surface area contributed by atoms with Gasteiger partial charge < -0.3 is 52.5 Å². The summed E-state index contributed by atoms with van der Waals surface area (Å²) in [5.41, 5.74) is 3.72. The van der Waals surface area contributed by atoms with E-state index >= 15 is 0 Å². The summed E-state index contributed by atoms with van der Waals surface area (Å²) in [7, 11) is 0. The minimum Gasteiger partial charge on any atom is -0.456 e. The minimum atomic E-state index is -1.78. The maximum atomic E-state index is 12.4. The maximum absolute atomic E-state index is 12.4. The van der Waals surface area contributed by atoms with Crippen LogP contribution in [-0.4, -0.2) is 97.6 Å². The van der Waals surface area contributed by atoms with Crippen LogP contribution in [0.2, 0.25) is 0 Å². The topological polar surface area (TPSA) is 164 Å². The highest BCUT2D eigenvalue weighted by molar-refractivity contribution is 5.68. The molecule has 10 atom stereocenters. The SMILES string of the molecule is CC(=O)O[C@@H]1[C@@H](OC(C)=O)[C@@H](O)O[C@H](CO[C@H]2O[C@H]([C@@H](COCc3ccccc3)OCc3ccccc3)[C@H](OCc3ccccc3)[C@H]2OCc2ccccc2)[C@H]1OC(C)=O. The largest absolute Gasteiger partial charge is 0.456 e. The number of benzene rings is 4. The molecule has 0 saturated carbocycles. The van der Waals surface area contributed by atoms with E-state index in [0.717, 1.165) is 43.0 Å². The molecule has 2 aliphatic rings. The Balaban J connectivity index is 1.31. The van der Waals surface area contributed by atoms with E-state index in [2.05, 4.69) is 0 Å². The zero-order valence-electron chi connectivity index (χ0n) is 33.8. The van der Waals surface area contributed by atoms with Gasteiger partial charge in [-0.1, -0.05) is 121 Å². The molecule has 0 amide bonds. The molecule has 0 aliphatic carbocycles. The summed E-state index contributed by atoms with van der Waals surface area (Å²) in [5.74, 6) is -2.29. The molecule has 4 aromatic rings. The molecule has 60 heavy (non-hydrogen) atoms. The minimum absolute atomic E-state index is 0.115. The van der Waals surface area contributed by atoms with Gasteiger partial charge in [0.15, 0.2) is 30.9 Å². The average molecular weight is 829 g/mol. The normalized spacial score (nSPS) is 25.6. The van der Waals surface area contributed by atoms with Crippen LogP contribution >= 0.6 is 0 Å². The second-order valence-corrected chi connectivity index (χ2v) is 14.4. The lowest BCUT2D eigenvalue weighted by molar-refractivity contribution is -0.305. The van der Waals surface area contributed by atoms with Gasteiger partial charge in [0.1, 0.15) is 30.5 Å². The lowest BCUT2D eigenvalue weighted by Gasteiger charge is -2.43. The van der Waals surface area contributed by atoms with Gasteiger partial charge in [-0.3, -0.25) is 14.4 Å². The van der Waals surface area contributed by atoms with Crippen molar-refractivity contribution in [3.63, 3.8) is 0 Å². The predicted molar refractivity (Wildman–Crippen MR) is 213 cm³/mol. The van der Waals surface area contributed by atoms with E-state index in [4.69, 9.17) is 47.4 Å². The second kappa shape index (κ2) is 22.5. The lowest BCUT2D eigenvalue weighted by atomic mass is 9.98. The van der Waals surface area contributed by atoms with Gasteiger partial charge >= 0.3 is 17.9 Å². The highest BCUT2D eigenvalue weighted by Gasteiger charge is 2.54. The van der Waals surface area contributed by atoms with Crippen LogP contribution in [0.15, 0.2) is 121 Å². The van der Waals surface area contributed by atoms with Crippen LogP contribution in [0.1, 0.15) is 43.0 Å². The van der Waals surface area contributed by atoms with E-state index in [9.17, 15) is 19.5 Å². The summed E-state index contributed by atoms with van der Waals surface area (Å²) < 4.78 is 61.7. The van der Waals surface area contributed by atoms with Gasteiger partial charge in [-0.25, -0.2) is 0 Å². The zero-order chi connectivity index (χ0) is 42.3. The van der Waals surface area contributed by atoms with Crippen molar-refractivity contribution < 1.29 is 66.9 Å². The Morgan fingerprint density at radius 1 is 0.533 bits per heavy atom. The summed E-state index contributed by atoms with van der Waals surface area (Å²) in [5, 5.41) is 11.0. The number of aliphatic hydroxyl groups is 1. The molecule has 2 heterocycles. The molecule has 0 spiro atoms. The number of esters is 3. The number of aliphatic hydroxyl groups excluding tert-OH is 1. The molecule has 2 fully saturated rings. The van der Waals surface area contributed by atoms with Crippen molar-refractivity contribution in [3.8, 4) is 0 Å². The Morgan fingerprint density at radius 3 is 1.50 bits per heavy atom. The van der Waals surface area contributed by atoms with E-state index in [1.807, 2.05) is 121 Å². The molecule has 2 saturated heterocycles. The Bertz CT molecular complexity index is 1900. The highest BCUT2D eigenvalue weighted by Crippen LogP contribution is 2.35. The fraction of sp³-hybridized carbons (Fsp3) is 0.413. The van der Waals surface area contributed by atoms with Gasteiger partial charge in [0.2, 0.25) is 0 Å². The van der Waals surface area contributed by atoms with E-state index < -0.39 is 79.3 Å². The first-order valence-electron chi connectivity index (χ1n) is 19.8. The summed E-state index contributed by atoms with van der Waals surface area (Å²) >= 11 is 0. The molecule has 0 bridgehead atoms. The van der Waals surface area contributed by atoms with Crippen LogP contribution in [0.5, 0.6) is 0 Å². The quantitative estimate of drug-likeness (QED) is 0.0912. The van der Waals surface area contributed by atoms with Gasteiger partial charge in [0, 0.05) is 20.8 Å². The molecule has 2 aliphatic heterocycles. The van der Waals surface area contributed by atoms with Crippen LogP contribution in [0, 0.1) is 0 Å². The molecular formula is C46H52O14. The highest BCUT2D eigenvalue weighted by atomic mass is 16.7. The van der Waals surface area contributed by atoms with Crippen molar-refractivity contribution >= 4 is 17.9 Å². The van der Waals surface area contributed by atoms with E-state index in [0.29, 0.717) is 6.61 Å². The number of carbonyl (C=O) groups is 3. The lowest BCUT2D eigenvalue weighted by Crippen LogP contribution is -2.62. The third kappa shape index (κ3) is 13.0. The fourth-order valence-corrected chi connectivity index (χ4v) is 7.06. The summed E-state index contributed by atoms with van der Waals surface area (Å²) in [6.45, 7) is 4.10. The van der Waals surface area contributed by atoms with E-state index in [1.165, 1.54) is 0 Å². The van der Waals surface area contributed by atoms with Crippen molar-refractivity contribution in [2.45, 2.75) is 109 Å². The third-order valence-corrected chi connectivity index (χ3v) is 9.78. The smallest absolute Gasteiger partial charge is 0.303 e. The number of hydrogen-bond acceptors (Lipinski definition) is 14. The summed E-state index contributed by atoms with van der Waals surface area (Å²) in [6, 6.07) is 38.8. The van der Waals surface area contributed by atoms with Crippen LogP contribution in [0.4, 0.5) is 0 Å². The number of hydrogen-bond donors (Lipinski definition) is 1. The first-order chi connectivity index (χ1) is 29.1. The van der Waals surface area contributed by atoms with Crippen molar-refractivity contribution in [2.75, 3.05) is 13.2 Å². The van der Waals surface area contributed by atoms with Gasteiger partial charge in [-0.15, -0.1) is 0 Å². The van der Waals surface area contributed by atoms with Crippen LogP contribution < -0.4 is 0 Å². The van der Waals surface area contributed by atoms with Gasteiger partial charge in [-0.05, 0) is 22.3 Å². The second-order valence-electron chi connectivity index (χ2n) is 14.4. The van der Waals surface area contributed by atoms with Gasteiger partial charge in [-0.2, -0.15) is 0 Å². The number of rotatable bonds is 20. The standard InChI is InChI=1S/C46H52O14/c1-30(47)56-40-38(59-45(50)43(58-32(3)49)42(40)57-31(2)48)29-55-46-44(54-27-36-22-14-7-15-23-36)41(53-26-35-20-12-6-13-21-35)39(60-46)37(52-25-34-18-10-5-11-19-34)28-51-24-33-16-8-4-9-17-33/h4-23,37-46,50H,24-29H2,1-3H3/t37-,38-,39-,40-,41+,42+,43-,44-,45+,46+/m1/s1. The molecule has 14 nitrogen and oxygen atoms in total. The van der Waals surface area contributed by atoms with Gasteiger partial charge in [0.05, 0.1) is 39.6 Å². The van der Waals surface area contributed by atoms with Crippen molar-refractivity contribution in [1.82, 2.24) is 0 Å². The van der Waals surface area contributed by atoms with E-state index in [1.54, 1.807) is 0 Å². The molecule has 4 aromatic carbocycles. The monoisotopic (exact) mass is 828 g/mol. The molecule has 6 rings (SSSR count). The van der Waals surface area contributed by atoms with Crippen molar-refractivity contribution in [3.05, 3.63) is 144 Å². The Hall–Kier alpha value is -5.03. The Kier molecular flexibility index (Phi) is 16.7. The van der Waals surface area contributed by atoms with Crippen LogP contribution in [-0.2, 0) is 88.2 Å². The fourth-order valence-electron chi connectivity index (χ4n) is 7.06. The van der Waals surface area contributed by atoms with Gasteiger partial charge in [0.25, 0.3) is 0 Å². The summed E-state index contributed by atoms with van der Waals surface area (Å²) in [6.07, 6.45) is -11.6. The molecule has 320 valence electrons. The van der Waals surface area contributed by atoms with Crippen molar-refractivity contribution in [1.29, 1.82) is 0 Å². The maximum Gasteiger partial charge on any atom is 0.303 e. The zero-order valence-corrected chi connectivity index (χ0v) is 33.8. The van der Waals surface area contributed by atoms with E-state index in [-0.39, 0.29) is 33.0 Å². The summed E-state index contributed by atoms with van der Waals surface area (Å²) in [4.78, 5) is 36.7. The Labute approximate surface area is 349 Å². The average Bonchev–Trinajstić information content (AvgIpc) is 3.59. The Morgan fingerprint density at radius 2 is 0.983 bits per heavy atom.